The summed E-state index contributed by atoms with van der Waals surface area (Å²) in [6.07, 6.45) is 0. The van der Waals surface area contributed by atoms with E-state index in [4.69, 9.17) is 4.74 Å². The highest BCUT2D eigenvalue weighted by atomic mass is 17.2. The third kappa shape index (κ3) is 3.69. The van der Waals surface area contributed by atoms with Gasteiger partial charge in [-0.1, -0.05) is 18.2 Å². The fraction of sp³-hybridized carbons (Fsp3) is 0.364. The Morgan fingerprint density at radius 2 is 2.00 bits per heavy atom. The molecule has 15 heavy (non-hydrogen) atoms. The van der Waals surface area contributed by atoms with Gasteiger partial charge in [-0.05, 0) is 18.6 Å². The molecule has 0 aromatic heterocycles. The molecular weight excluding hydrogens is 196 g/mol. The number of aryl methyl sites for hydroxylation is 1. The monoisotopic (exact) mass is 210 g/mol. The minimum absolute atomic E-state index is 0.230. The molecule has 0 aliphatic heterocycles. The first kappa shape index (κ1) is 11.7. The number of carbonyl (C=O) groups excluding carboxylic acids is 1. The fourth-order valence-electron chi connectivity index (χ4n) is 1.06. The van der Waals surface area contributed by atoms with Crippen molar-refractivity contribution in [2.24, 2.45) is 0 Å². The lowest BCUT2D eigenvalue weighted by Gasteiger charge is -2.04. The summed E-state index contributed by atoms with van der Waals surface area (Å²) >= 11 is 0. The summed E-state index contributed by atoms with van der Waals surface area (Å²) < 4.78 is 4.74. The van der Waals surface area contributed by atoms with E-state index in [1.807, 2.05) is 19.1 Å². The summed E-state index contributed by atoms with van der Waals surface area (Å²) in [5.74, 6) is -0.482. The number of benzene rings is 1. The quantitative estimate of drug-likeness (QED) is 0.422. The largest absolute Gasteiger partial charge is 0.382 e. The molecule has 0 N–H and O–H groups in total. The summed E-state index contributed by atoms with van der Waals surface area (Å²) in [4.78, 5) is 20.7. The van der Waals surface area contributed by atoms with Gasteiger partial charge in [0.2, 0.25) is 0 Å². The number of ether oxygens (including phenoxy) is 1. The minimum atomic E-state index is -0.482. The van der Waals surface area contributed by atoms with Crippen LogP contribution in [0, 0.1) is 6.92 Å². The van der Waals surface area contributed by atoms with Crippen LogP contribution in [0.25, 0.3) is 0 Å². The van der Waals surface area contributed by atoms with Crippen molar-refractivity contribution in [3.63, 3.8) is 0 Å². The molecule has 0 bridgehead atoms. The maximum atomic E-state index is 11.4. The second-order valence-corrected chi connectivity index (χ2v) is 3.00. The standard InChI is InChI=1S/C11H14O4/c1-9-5-3-4-6-10(9)11(12)15-14-8-7-13-2/h3-6H,7-8H2,1-2H3. The highest BCUT2D eigenvalue weighted by molar-refractivity contribution is 5.90. The normalized spacial score (nSPS) is 10.0. The molecule has 4 nitrogen and oxygen atoms in total. The number of hydrogen-bond acceptors (Lipinski definition) is 4. The third-order valence-electron chi connectivity index (χ3n) is 1.87. The van der Waals surface area contributed by atoms with E-state index in [1.54, 1.807) is 19.2 Å². The van der Waals surface area contributed by atoms with Crippen molar-refractivity contribution in [1.82, 2.24) is 0 Å². The first-order valence-electron chi connectivity index (χ1n) is 4.64. The third-order valence-corrected chi connectivity index (χ3v) is 1.87. The molecular formula is C11H14O4. The Balaban J connectivity index is 2.44. The van der Waals surface area contributed by atoms with Crippen LogP contribution in [0.5, 0.6) is 0 Å². The lowest BCUT2D eigenvalue weighted by molar-refractivity contribution is -0.246. The van der Waals surface area contributed by atoms with Gasteiger partial charge in [-0.3, -0.25) is 4.89 Å². The van der Waals surface area contributed by atoms with E-state index in [1.165, 1.54) is 0 Å². The van der Waals surface area contributed by atoms with Crippen LogP contribution < -0.4 is 0 Å². The van der Waals surface area contributed by atoms with Gasteiger partial charge in [-0.15, -0.1) is 0 Å². The summed E-state index contributed by atoms with van der Waals surface area (Å²) in [6, 6.07) is 7.17. The van der Waals surface area contributed by atoms with E-state index in [0.29, 0.717) is 12.2 Å². The SMILES string of the molecule is COCCOOC(=O)c1ccccc1C. The van der Waals surface area contributed by atoms with Crippen molar-refractivity contribution < 1.29 is 19.3 Å². The molecule has 0 unspecified atom stereocenters. The second-order valence-electron chi connectivity index (χ2n) is 3.00. The zero-order valence-electron chi connectivity index (χ0n) is 8.86. The summed E-state index contributed by atoms with van der Waals surface area (Å²) in [7, 11) is 1.55. The van der Waals surface area contributed by atoms with Crippen molar-refractivity contribution in [1.29, 1.82) is 0 Å². The van der Waals surface area contributed by atoms with Crippen LogP contribution in [0.2, 0.25) is 0 Å². The summed E-state index contributed by atoms with van der Waals surface area (Å²) in [5.41, 5.74) is 1.37. The van der Waals surface area contributed by atoms with Crippen LogP contribution in [-0.2, 0) is 14.5 Å². The van der Waals surface area contributed by atoms with E-state index >= 15 is 0 Å². The lowest BCUT2D eigenvalue weighted by Crippen LogP contribution is -2.10. The molecule has 0 heterocycles. The predicted octanol–water partition coefficient (Wildman–Crippen LogP) is 1.73. The first-order chi connectivity index (χ1) is 7.25. The molecule has 4 heteroatoms. The molecule has 0 spiro atoms. The summed E-state index contributed by atoms with van der Waals surface area (Å²) in [6.45, 7) is 2.46. The van der Waals surface area contributed by atoms with Gasteiger partial charge in [-0.25, -0.2) is 4.79 Å². The molecule has 0 fully saturated rings. The molecule has 1 rings (SSSR count). The van der Waals surface area contributed by atoms with Crippen LogP contribution in [-0.4, -0.2) is 26.3 Å². The van der Waals surface area contributed by atoms with Gasteiger partial charge in [0, 0.05) is 7.11 Å². The molecule has 0 aliphatic carbocycles. The smallest absolute Gasteiger partial charge is 0.373 e. The van der Waals surface area contributed by atoms with Crippen molar-refractivity contribution in [3.05, 3.63) is 35.4 Å². The zero-order chi connectivity index (χ0) is 11.1. The Hall–Kier alpha value is -1.39. The second kappa shape index (κ2) is 6.16. The van der Waals surface area contributed by atoms with Gasteiger partial charge >= 0.3 is 5.97 Å². The number of rotatable bonds is 5. The molecule has 82 valence electrons. The Bertz CT molecular complexity index is 322. The van der Waals surface area contributed by atoms with Crippen LogP contribution in [0.3, 0.4) is 0 Å². The summed E-state index contributed by atoms with van der Waals surface area (Å²) in [5, 5.41) is 0. The van der Waals surface area contributed by atoms with E-state index in [2.05, 4.69) is 9.78 Å². The predicted molar refractivity (Wildman–Crippen MR) is 54.4 cm³/mol. The maximum Gasteiger partial charge on any atom is 0.373 e. The highest BCUT2D eigenvalue weighted by Gasteiger charge is 2.10. The molecule has 0 saturated carbocycles. The van der Waals surface area contributed by atoms with Gasteiger partial charge in [0.05, 0.1) is 12.2 Å². The van der Waals surface area contributed by atoms with Crippen LogP contribution in [0.15, 0.2) is 24.3 Å². The Morgan fingerprint density at radius 3 is 2.67 bits per heavy atom. The highest BCUT2D eigenvalue weighted by Crippen LogP contribution is 2.08. The van der Waals surface area contributed by atoms with E-state index in [9.17, 15) is 4.79 Å². The van der Waals surface area contributed by atoms with Gasteiger partial charge < -0.3 is 4.74 Å². The average molecular weight is 210 g/mol. The number of methoxy groups -OCH3 is 1. The van der Waals surface area contributed by atoms with Gasteiger partial charge in [0.25, 0.3) is 0 Å². The Kier molecular flexibility index (Phi) is 4.80. The lowest BCUT2D eigenvalue weighted by atomic mass is 10.1. The zero-order valence-corrected chi connectivity index (χ0v) is 8.86. The van der Waals surface area contributed by atoms with E-state index < -0.39 is 5.97 Å². The molecule has 0 saturated heterocycles. The van der Waals surface area contributed by atoms with Crippen molar-refractivity contribution >= 4 is 5.97 Å². The van der Waals surface area contributed by atoms with Crippen LogP contribution in [0.4, 0.5) is 0 Å². The molecule has 1 aromatic rings. The number of carbonyl (C=O) groups is 1. The van der Waals surface area contributed by atoms with Crippen molar-refractivity contribution in [2.45, 2.75) is 6.92 Å². The van der Waals surface area contributed by atoms with Crippen LogP contribution in [0.1, 0.15) is 15.9 Å². The van der Waals surface area contributed by atoms with E-state index in [-0.39, 0.29) is 6.61 Å². The van der Waals surface area contributed by atoms with Gasteiger partial charge in [0.1, 0.15) is 6.61 Å². The molecule has 0 radical (unpaired) electrons. The first-order valence-corrected chi connectivity index (χ1v) is 4.64. The fourth-order valence-corrected chi connectivity index (χ4v) is 1.06. The van der Waals surface area contributed by atoms with E-state index in [0.717, 1.165) is 5.56 Å². The Labute approximate surface area is 88.7 Å². The minimum Gasteiger partial charge on any atom is -0.382 e. The topological polar surface area (TPSA) is 44.8 Å². The molecule has 1 aromatic carbocycles. The van der Waals surface area contributed by atoms with Crippen molar-refractivity contribution in [3.8, 4) is 0 Å². The number of hydrogen-bond donors (Lipinski definition) is 0. The van der Waals surface area contributed by atoms with Gasteiger partial charge in [0.15, 0.2) is 0 Å². The maximum absolute atomic E-state index is 11.4. The van der Waals surface area contributed by atoms with Crippen molar-refractivity contribution in [2.75, 3.05) is 20.3 Å². The van der Waals surface area contributed by atoms with Crippen LogP contribution >= 0.6 is 0 Å². The molecule has 0 amide bonds. The molecule has 0 aliphatic rings. The molecule has 0 atom stereocenters. The Morgan fingerprint density at radius 1 is 1.27 bits per heavy atom. The van der Waals surface area contributed by atoms with Gasteiger partial charge in [-0.2, -0.15) is 4.89 Å². The average Bonchev–Trinajstić information content (AvgIpc) is 2.25.